The fraction of sp³-hybridized carbons (Fsp3) is 0.182. The van der Waals surface area contributed by atoms with Crippen LogP contribution in [0, 0.1) is 0 Å². The molecule has 0 aliphatic heterocycles. The molecule has 5 nitrogen and oxygen atoms in total. The van der Waals surface area contributed by atoms with Crippen molar-refractivity contribution in [2.45, 2.75) is 5.75 Å². The molecule has 0 atom stereocenters. The Labute approximate surface area is 102 Å². The molecule has 0 spiro atoms. The van der Waals surface area contributed by atoms with Crippen molar-refractivity contribution in [2.75, 3.05) is 5.75 Å². The Morgan fingerprint density at radius 3 is 2.47 bits per heavy atom. The number of carbonyl (C=O) groups excluding carboxylic acids is 1. The Morgan fingerprint density at radius 1 is 1.29 bits per heavy atom. The molecule has 0 aliphatic rings. The van der Waals surface area contributed by atoms with Crippen LogP contribution in [0.15, 0.2) is 30.3 Å². The number of Topliss-reactive ketones (excluding diaryl/α,β-unsaturated/α-hetero) is 1. The number of carbonyl (C=O) groups is 2. The number of thioether (sulfide) groups is 1. The molecule has 6 heteroatoms. The number of nitrogens with zero attached hydrogens (tertiary/aromatic N) is 2. The maximum atomic E-state index is 11.3. The van der Waals surface area contributed by atoms with E-state index in [1.165, 1.54) is 11.8 Å². The summed E-state index contributed by atoms with van der Waals surface area (Å²) in [5, 5.41) is 8.54. The normalized spacial score (nSPS) is 9.41. The highest BCUT2D eigenvalue weighted by atomic mass is 32.2. The van der Waals surface area contributed by atoms with Crippen molar-refractivity contribution >= 4 is 29.2 Å². The molecule has 0 aliphatic carbocycles. The van der Waals surface area contributed by atoms with Gasteiger partial charge in [-0.15, -0.1) is 11.8 Å². The van der Waals surface area contributed by atoms with Crippen LogP contribution in [0.25, 0.3) is 5.53 Å². The van der Waals surface area contributed by atoms with E-state index in [4.69, 9.17) is 10.6 Å². The second kappa shape index (κ2) is 6.62. The molecule has 0 saturated carbocycles. The second-order valence-electron chi connectivity index (χ2n) is 3.16. The number of carboxylic acid groups (broad SMARTS) is 1. The zero-order valence-electron chi connectivity index (χ0n) is 8.87. The highest BCUT2D eigenvalue weighted by molar-refractivity contribution is 7.99. The predicted molar refractivity (Wildman–Crippen MR) is 63.9 cm³/mol. The van der Waals surface area contributed by atoms with Crippen LogP contribution in [0.2, 0.25) is 0 Å². The number of benzene rings is 1. The molecule has 1 aromatic carbocycles. The third-order valence-corrected chi connectivity index (χ3v) is 2.92. The average Bonchev–Trinajstić information content (AvgIpc) is 2.30. The number of carboxylic acids is 1. The van der Waals surface area contributed by atoms with Crippen molar-refractivity contribution in [2.24, 2.45) is 0 Å². The lowest BCUT2D eigenvalue weighted by Gasteiger charge is -1.98. The Bertz CT molecular complexity index is 467. The minimum absolute atomic E-state index is 0.0272. The van der Waals surface area contributed by atoms with Crippen molar-refractivity contribution in [3.63, 3.8) is 0 Å². The highest BCUT2D eigenvalue weighted by Crippen LogP contribution is 2.11. The first-order chi connectivity index (χ1) is 8.15. The Balaban J connectivity index is 2.45. The number of aliphatic carboxylic acids is 1. The fourth-order valence-corrected chi connectivity index (χ4v) is 1.97. The van der Waals surface area contributed by atoms with E-state index in [-0.39, 0.29) is 5.75 Å². The fourth-order valence-electron chi connectivity index (χ4n) is 1.12. The average molecular weight is 250 g/mol. The van der Waals surface area contributed by atoms with E-state index in [9.17, 15) is 9.59 Å². The summed E-state index contributed by atoms with van der Waals surface area (Å²) in [6.45, 7) is 0. The zero-order valence-corrected chi connectivity index (χ0v) is 9.68. The number of hydrogen-bond donors (Lipinski definition) is 1. The molecule has 1 rings (SSSR count). The molecular weight excluding hydrogens is 240 g/mol. The van der Waals surface area contributed by atoms with Gasteiger partial charge in [-0.25, -0.2) is 4.79 Å². The first-order valence-corrected chi connectivity index (χ1v) is 5.91. The summed E-state index contributed by atoms with van der Waals surface area (Å²) in [6, 6.07) is 9.48. The van der Waals surface area contributed by atoms with Crippen LogP contribution in [0.1, 0.15) is 5.56 Å². The predicted octanol–water partition coefficient (Wildman–Crippen LogP) is 1.24. The van der Waals surface area contributed by atoms with Crippen LogP contribution in [-0.2, 0) is 15.3 Å². The van der Waals surface area contributed by atoms with Crippen LogP contribution in [-0.4, -0.2) is 33.1 Å². The van der Waals surface area contributed by atoms with Gasteiger partial charge in [-0.05, 0) is 5.56 Å². The molecule has 0 bridgehead atoms. The first kappa shape index (κ1) is 13.2. The van der Waals surface area contributed by atoms with Crippen LogP contribution >= 0.6 is 11.8 Å². The van der Waals surface area contributed by atoms with Gasteiger partial charge in [-0.2, -0.15) is 4.79 Å². The molecule has 1 aromatic rings. The van der Waals surface area contributed by atoms with E-state index in [0.717, 1.165) is 5.56 Å². The van der Waals surface area contributed by atoms with Crippen molar-refractivity contribution < 1.29 is 19.5 Å². The van der Waals surface area contributed by atoms with E-state index in [1.807, 2.05) is 30.3 Å². The van der Waals surface area contributed by atoms with Gasteiger partial charge in [0, 0.05) is 5.75 Å². The summed E-state index contributed by atoms with van der Waals surface area (Å²) in [5.74, 6) is -1.63. The van der Waals surface area contributed by atoms with Gasteiger partial charge in [0.1, 0.15) is 0 Å². The summed E-state index contributed by atoms with van der Waals surface area (Å²) in [6.07, 6.45) is 0. The second-order valence-corrected chi connectivity index (χ2v) is 4.14. The van der Waals surface area contributed by atoms with Gasteiger partial charge in [-0.3, -0.25) is 4.79 Å². The maximum Gasteiger partial charge on any atom is 0.442 e. The van der Waals surface area contributed by atoms with Crippen molar-refractivity contribution in [3.05, 3.63) is 41.4 Å². The van der Waals surface area contributed by atoms with Gasteiger partial charge in [-0.1, -0.05) is 30.3 Å². The monoisotopic (exact) mass is 250 g/mol. The van der Waals surface area contributed by atoms with Crippen LogP contribution in [0.3, 0.4) is 0 Å². The lowest BCUT2D eigenvalue weighted by atomic mass is 10.2. The molecule has 0 fully saturated rings. The molecule has 0 aromatic heterocycles. The maximum absolute atomic E-state index is 11.3. The quantitative estimate of drug-likeness (QED) is 0.356. The van der Waals surface area contributed by atoms with Crippen molar-refractivity contribution in [1.29, 1.82) is 0 Å². The summed E-state index contributed by atoms with van der Waals surface area (Å²) >= 11 is 1.27. The molecule has 1 N–H and O–H groups in total. The molecule has 0 saturated heterocycles. The molecule has 0 amide bonds. The summed E-state index contributed by atoms with van der Waals surface area (Å²) in [4.78, 5) is 24.3. The summed E-state index contributed by atoms with van der Waals surface area (Å²) in [5.41, 5.74) is 8.58. The smallest absolute Gasteiger partial charge is 0.442 e. The molecule has 0 unspecified atom stereocenters. The standard InChI is InChI=1S/C11H10N2O3S/c12-13-10(11(15)16)9(14)7-17-6-8-4-2-1-3-5-8/h1-5H,6-7H2,(H,15,16). The summed E-state index contributed by atoms with van der Waals surface area (Å²) in [7, 11) is 0. The van der Waals surface area contributed by atoms with Crippen molar-refractivity contribution in [1.82, 2.24) is 0 Å². The molecule has 0 heterocycles. The van der Waals surface area contributed by atoms with Gasteiger partial charge >= 0.3 is 11.7 Å². The van der Waals surface area contributed by atoms with E-state index in [1.54, 1.807) is 0 Å². The highest BCUT2D eigenvalue weighted by Gasteiger charge is 2.28. The minimum atomic E-state index is -1.52. The van der Waals surface area contributed by atoms with E-state index >= 15 is 0 Å². The molecule has 0 radical (unpaired) electrons. The molecule has 88 valence electrons. The van der Waals surface area contributed by atoms with E-state index < -0.39 is 17.5 Å². The lowest BCUT2D eigenvalue weighted by Crippen LogP contribution is -2.26. The Kier molecular flexibility index (Phi) is 5.13. The number of ketones is 1. The third-order valence-electron chi connectivity index (χ3n) is 1.91. The first-order valence-electron chi connectivity index (χ1n) is 4.75. The summed E-state index contributed by atoms with van der Waals surface area (Å²) < 4.78 is 0. The van der Waals surface area contributed by atoms with Crippen LogP contribution < -0.4 is 0 Å². The minimum Gasteiger partial charge on any atom is -0.472 e. The Hall–Kier alpha value is -1.91. The number of hydrogen-bond acceptors (Lipinski definition) is 3. The van der Waals surface area contributed by atoms with Gasteiger partial charge in [0.05, 0.1) is 5.75 Å². The van der Waals surface area contributed by atoms with Crippen LogP contribution in [0.5, 0.6) is 0 Å². The molecule has 17 heavy (non-hydrogen) atoms. The van der Waals surface area contributed by atoms with Crippen LogP contribution in [0.4, 0.5) is 0 Å². The van der Waals surface area contributed by atoms with Gasteiger partial charge < -0.3 is 10.6 Å². The topological polar surface area (TPSA) is 90.8 Å². The molecular formula is C11H10N2O3S. The lowest BCUT2D eigenvalue weighted by molar-refractivity contribution is -0.136. The van der Waals surface area contributed by atoms with E-state index in [2.05, 4.69) is 4.79 Å². The van der Waals surface area contributed by atoms with Gasteiger partial charge in [0.15, 0.2) is 0 Å². The number of rotatable bonds is 6. The zero-order chi connectivity index (χ0) is 12.7. The SMILES string of the molecule is [N-]=[N+]=C(C(=O)O)C(=O)CSCc1ccccc1. The third kappa shape index (κ3) is 4.22. The Morgan fingerprint density at radius 2 is 1.94 bits per heavy atom. The largest absolute Gasteiger partial charge is 0.472 e. The van der Waals surface area contributed by atoms with Gasteiger partial charge in [0.2, 0.25) is 0 Å². The van der Waals surface area contributed by atoms with Gasteiger partial charge in [0.25, 0.3) is 5.78 Å². The van der Waals surface area contributed by atoms with E-state index in [0.29, 0.717) is 5.75 Å². The van der Waals surface area contributed by atoms with Crippen molar-refractivity contribution in [3.8, 4) is 0 Å².